The minimum atomic E-state index is -4.42. The molecule has 0 saturated heterocycles. The minimum Gasteiger partial charge on any atom is -0.454 e. The van der Waals surface area contributed by atoms with Gasteiger partial charge in [-0.1, -0.05) is 12.1 Å². The zero-order valence-electron chi connectivity index (χ0n) is 18.0. The van der Waals surface area contributed by atoms with E-state index in [0.717, 1.165) is 11.6 Å². The van der Waals surface area contributed by atoms with Crippen LogP contribution in [0.3, 0.4) is 0 Å². The lowest BCUT2D eigenvalue weighted by atomic mass is 9.94. The van der Waals surface area contributed by atoms with Crippen molar-refractivity contribution < 1.29 is 31.5 Å². The number of hydrogen-bond acceptors (Lipinski definition) is 5. The summed E-state index contributed by atoms with van der Waals surface area (Å²) in [6, 6.07) is 11.6. The van der Waals surface area contributed by atoms with Crippen molar-refractivity contribution in [2.45, 2.75) is 30.1 Å². The van der Waals surface area contributed by atoms with E-state index in [1.54, 1.807) is 31.2 Å². The molecule has 0 aromatic heterocycles. The van der Waals surface area contributed by atoms with Crippen molar-refractivity contribution >= 4 is 21.6 Å². The van der Waals surface area contributed by atoms with Crippen LogP contribution in [0, 0.1) is 18.6 Å². The Balaban J connectivity index is 1.45. The number of nitrogens with two attached hydrogens (primary N) is 1. The highest BCUT2D eigenvalue weighted by Crippen LogP contribution is 2.51. The summed E-state index contributed by atoms with van der Waals surface area (Å²) < 4.78 is 62.9. The van der Waals surface area contributed by atoms with Gasteiger partial charge in [-0.15, -0.1) is 0 Å². The number of halogens is 2. The summed E-state index contributed by atoms with van der Waals surface area (Å²) in [6.45, 7) is 1.83. The lowest BCUT2D eigenvalue weighted by Crippen LogP contribution is -2.27. The standard InChI is InChI=1S/C24H20F2N2O5S/c1-13-2-4-15(9-16(13)17-10-19(26)22(11-18(17)25)34(27,30)31)28-23(29)24(6-7-24)14-3-5-20-21(8-14)33-12-32-20/h2-5,8-11H,6-7,12H2,1H3,(H,28,29)(H2,27,30,31). The molecular formula is C24H20F2N2O5S. The number of hydrogen-bond donors (Lipinski definition) is 2. The van der Waals surface area contributed by atoms with Gasteiger partial charge in [-0.3, -0.25) is 4.79 Å². The number of carbonyl (C=O) groups excluding carboxylic acids is 1. The number of sulfonamides is 1. The van der Waals surface area contributed by atoms with Gasteiger partial charge in [-0.2, -0.15) is 0 Å². The second-order valence-electron chi connectivity index (χ2n) is 8.44. The molecule has 1 fully saturated rings. The molecule has 7 nitrogen and oxygen atoms in total. The second-order valence-corrected chi connectivity index (χ2v) is 9.97. The van der Waals surface area contributed by atoms with Crippen LogP contribution in [0.15, 0.2) is 53.4 Å². The number of nitrogens with one attached hydrogen (secondary N) is 1. The van der Waals surface area contributed by atoms with E-state index < -0.39 is 32.0 Å². The molecule has 34 heavy (non-hydrogen) atoms. The number of benzene rings is 3. The predicted octanol–water partition coefficient (Wildman–Crippen LogP) is 3.99. The first kappa shape index (κ1) is 22.3. The minimum absolute atomic E-state index is 0.138. The molecule has 0 unspecified atom stereocenters. The third kappa shape index (κ3) is 3.78. The second kappa shape index (κ2) is 7.78. The summed E-state index contributed by atoms with van der Waals surface area (Å²) in [7, 11) is -4.42. The summed E-state index contributed by atoms with van der Waals surface area (Å²) in [5, 5.41) is 7.83. The molecule has 1 aliphatic heterocycles. The molecule has 2 aliphatic rings. The average molecular weight is 486 g/mol. The Hall–Kier alpha value is -3.50. The molecule has 1 aliphatic carbocycles. The van der Waals surface area contributed by atoms with Gasteiger partial charge >= 0.3 is 0 Å². The Morgan fingerprint density at radius 2 is 1.71 bits per heavy atom. The third-order valence-corrected chi connectivity index (χ3v) is 7.15. The quantitative estimate of drug-likeness (QED) is 0.567. The Labute approximate surface area is 194 Å². The smallest absolute Gasteiger partial charge is 0.241 e. The van der Waals surface area contributed by atoms with Crippen LogP contribution in [-0.2, 0) is 20.2 Å². The maximum Gasteiger partial charge on any atom is 0.241 e. The fraction of sp³-hybridized carbons (Fsp3) is 0.208. The van der Waals surface area contributed by atoms with Crippen molar-refractivity contribution in [3.05, 3.63) is 71.3 Å². The van der Waals surface area contributed by atoms with Crippen LogP contribution in [0.1, 0.15) is 24.0 Å². The Morgan fingerprint density at radius 1 is 0.971 bits per heavy atom. The molecule has 0 atom stereocenters. The molecule has 3 N–H and O–H groups in total. The van der Waals surface area contributed by atoms with E-state index in [1.807, 2.05) is 6.07 Å². The predicted molar refractivity (Wildman–Crippen MR) is 120 cm³/mol. The van der Waals surface area contributed by atoms with Crippen LogP contribution < -0.4 is 19.9 Å². The molecule has 10 heteroatoms. The van der Waals surface area contributed by atoms with Gasteiger partial charge in [-0.05, 0) is 72.9 Å². The molecule has 0 bridgehead atoms. The first-order valence-electron chi connectivity index (χ1n) is 10.4. The molecule has 1 heterocycles. The summed E-state index contributed by atoms with van der Waals surface area (Å²) in [6.07, 6.45) is 1.32. The van der Waals surface area contributed by atoms with Gasteiger partial charge < -0.3 is 14.8 Å². The van der Waals surface area contributed by atoms with Crippen LogP contribution in [0.25, 0.3) is 11.1 Å². The summed E-state index contributed by atoms with van der Waals surface area (Å²) in [5.41, 5.74) is 1.27. The lowest BCUT2D eigenvalue weighted by Gasteiger charge is -2.17. The highest BCUT2D eigenvalue weighted by atomic mass is 32.2. The zero-order chi connectivity index (χ0) is 24.3. The first-order chi connectivity index (χ1) is 16.1. The van der Waals surface area contributed by atoms with E-state index in [4.69, 9.17) is 14.6 Å². The number of ether oxygens (including phenoxy) is 2. The van der Waals surface area contributed by atoms with Crippen molar-refractivity contribution in [3.63, 3.8) is 0 Å². The number of fused-ring (bicyclic) bond motifs is 1. The van der Waals surface area contributed by atoms with Crippen LogP contribution in [-0.4, -0.2) is 21.1 Å². The van der Waals surface area contributed by atoms with Gasteiger partial charge in [0, 0.05) is 11.3 Å². The Bertz CT molecular complexity index is 1450. The summed E-state index contributed by atoms with van der Waals surface area (Å²) >= 11 is 0. The Morgan fingerprint density at radius 3 is 2.41 bits per heavy atom. The molecule has 3 aromatic rings. The molecule has 1 amide bonds. The van der Waals surface area contributed by atoms with Gasteiger partial charge in [0.05, 0.1) is 5.41 Å². The van der Waals surface area contributed by atoms with Gasteiger partial charge in [0.15, 0.2) is 11.5 Å². The molecule has 3 aromatic carbocycles. The molecule has 1 saturated carbocycles. The van der Waals surface area contributed by atoms with Crippen molar-refractivity contribution in [1.29, 1.82) is 0 Å². The van der Waals surface area contributed by atoms with Crippen molar-refractivity contribution in [2.75, 3.05) is 12.1 Å². The Kier molecular flexibility index (Phi) is 5.10. The van der Waals surface area contributed by atoms with Crippen LogP contribution in [0.2, 0.25) is 0 Å². The van der Waals surface area contributed by atoms with E-state index in [2.05, 4.69) is 5.32 Å². The molecule has 0 radical (unpaired) electrons. The van der Waals surface area contributed by atoms with E-state index in [9.17, 15) is 22.0 Å². The van der Waals surface area contributed by atoms with E-state index in [0.29, 0.717) is 47.2 Å². The number of amides is 1. The first-order valence-corrected chi connectivity index (χ1v) is 12.0. The van der Waals surface area contributed by atoms with Gasteiger partial charge in [-0.25, -0.2) is 22.3 Å². The molecule has 5 rings (SSSR count). The number of carbonyl (C=O) groups is 1. The van der Waals surface area contributed by atoms with E-state index in [1.165, 1.54) is 6.07 Å². The van der Waals surface area contributed by atoms with E-state index >= 15 is 0 Å². The van der Waals surface area contributed by atoms with Gasteiger partial charge in [0.25, 0.3) is 0 Å². The van der Waals surface area contributed by atoms with Gasteiger partial charge in [0.1, 0.15) is 16.5 Å². The van der Waals surface area contributed by atoms with E-state index in [-0.39, 0.29) is 18.3 Å². The van der Waals surface area contributed by atoms with Crippen LogP contribution in [0.4, 0.5) is 14.5 Å². The van der Waals surface area contributed by atoms with Crippen molar-refractivity contribution in [1.82, 2.24) is 0 Å². The monoisotopic (exact) mass is 486 g/mol. The molecule has 176 valence electrons. The highest BCUT2D eigenvalue weighted by Gasteiger charge is 2.51. The van der Waals surface area contributed by atoms with Crippen LogP contribution in [0.5, 0.6) is 11.5 Å². The maximum atomic E-state index is 14.8. The SMILES string of the molecule is Cc1ccc(NC(=O)C2(c3ccc4c(c3)OCO4)CC2)cc1-c1cc(F)c(S(N)(=O)=O)cc1F. The largest absolute Gasteiger partial charge is 0.454 e. The zero-order valence-corrected chi connectivity index (χ0v) is 18.8. The van der Waals surface area contributed by atoms with Gasteiger partial charge in [0.2, 0.25) is 22.7 Å². The van der Waals surface area contributed by atoms with Crippen molar-refractivity contribution in [3.8, 4) is 22.6 Å². The fourth-order valence-electron chi connectivity index (χ4n) is 4.16. The maximum absolute atomic E-state index is 14.8. The summed E-state index contributed by atoms with van der Waals surface area (Å²) in [5.74, 6) is -1.11. The molecule has 0 spiro atoms. The highest BCUT2D eigenvalue weighted by molar-refractivity contribution is 7.89. The fourth-order valence-corrected chi connectivity index (χ4v) is 4.76. The molecular weight excluding hydrogens is 466 g/mol. The third-order valence-electron chi connectivity index (χ3n) is 6.22. The number of primary sulfonamides is 1. The number of aryl methyl sites for hydroxylation is 1. The van der Waals surface area contributed by atoms with Crippen LogP contribution >= 0.6 is 0 Å². The number of anilines is 1. The topological polar surface area (TPSA) is 108 Å². The van der Waals surface area contributed by atoms with Crippen molar-refractivity contribution in [2.24, 2.45) is 5.14 Å². The lowest BCUT2D eigenvalue weighted by molar-refractivity contribution is -0.118. The summed E-state index contributed by atoms with van der Waals surface area (Å²) in [4.78, 5) is 12.3. The number of rotatable bonds is 5. The average Bonchev–Trinajstić information content (AvgIpc) is 3.46. The normalized spacial score (nSPS) is 15.8.